The summed E-state index contributed by atoms with van der Waals surface area (Å²) in [4.78, 5) is 4.33. The second kappa shape index (κ2) is 6.25. The molecule has 0 saturated heterocycles. The molecule has 0 aliphatic heterocycles. The standard InChI is InChI=1S/C17H13N7/c1-3-7-14(8-4-1)11-18-16-21-22-17-23(13-20-24(16)17)19-12-15-9-5-2-6-10-15/h1-13H/b18-11+,19-12+. The zero-order valence-corrected chi connectivity index (χ0v) is 12.6. The lowest BCUT2D eigenvalue weighted by atomic mass is 10.2. The van der Waals surface area contributed by atoms with E-state index in [1.165, 1.54) is 0 Å². The highest BCUT2D eigenvalue weighted by molar-refractivity contribution is 5.81. The van der Waals surface area contributed by atoms with E-state index in [0.29, 0.717) is 11.7 Å². The van der Waals surface area contributed by atoms with Gasteiger partial charge in [-0.25, -0.2) is 4.99 Å². The first kappa shape index (κ1) is 14.0. The van der Waals surface area contributed by atoms with Gasteiger partial charge in [0.2, 0.25) is 0 Å². The molecule has 2 heterocycles. The number of hydrogen-bond donors (Lipinski definition) is 0. The predicted molar refractivity (Wildman–Crippen MR) is 91.9 cm³/mol. The number of benzene rings is 2. The first-order valence-corrected chi connectivity index (χ1v) is 7.37. The van der Waals surface area contributed by atoms with Gasteiger partial charge < -0.3 is 0 Å². The lowest BCUT2D eigenvalue weighted by Gasteiger charge is -1.91. The fourth-order valence-electron chi connectivity index (χ4n) is 2.16. The van der Waals surface area contributed by atoms with Crippen LogP contribution in [0.15, 0.2) is 77.1 Å². The van der Waals surface area contributed by atoms with Gasteiger partial charge in [-0.05, 0) is 11.1 Å². The average Bonchev–Trinajstić information content (AvgIpc) is 3.22. The van der Waals surface area contributed by atoms with Gasteiger partial charge in [-0.3, -0.25) is 0 Å². The van der Waals surface area contributed by atoms with Crippen LogP contribution in [0.5, 0.6) is 0 Å². The largest absolute Gasteiger partial charge is 0.276 e. The first-order chi connectivity index (χ1) is 11.9. The number of nitrogens with zero attached hydrogens (tertiary/aromatic N) is 7. The van der Waals surface area contributed by atoms with Crippen LogP contribution < -0.4 is 0 Å². The molecule has 0 atom stereocenters. The van der Waals surface area contributed by atoms with Crippen molar-refractivity contribution in [2.75, 3.05) is 0 Å². The Bertz CT molecular complexity index is 914. The lowest BCUT2D eigenvalue weighted by Crippen LogP contribution is -1.90. The molecule has 0 spiro atoms. The monoisotopic (exact) mass is 315 g/mol. The van der Waals surface area contributed by atoms with Crippen LogP contribution in [0.1, 0.15) is 11.1 Å². The summed E-state index contributed by atoms with van der Waals surface area (Å²) in [5, 5.41) is 16.7. The van der Waals surface area contributed by atoms with E-state index >= 15 is 0 Å². The minimum atomic E-state index is 0.405. The van der Waals surface area contributed by atoms with Crippen LogP contribution in [0.4, 0.5) is 5.95 Å². The molecule has 0 fully saturated rings. The molecule has 2 aromatic carbocycles. The van der Waals surface area contributed by atoms with Crippen molar-refractivity contribution in [3.8, 4) is 0 Å². The van der Waals surface area contributed by atoms with E-state index < -0.39 is 0 Å². The van der Waals surface area contributed by atoms with Crippen molar-refractivity contribution in [2.45, 2.75) is 0 Å². The van der Waals surface area contributed by atoms with E-state index in [-0.39, 0.29) is 0 Å². The predicted octanol–water partition coefficient (Wildman–Crippen LogP) is 2.56. The summed E-state index contributed by atoms with van der Waals surface area (Å²) in [6.07, 6.45) is 5.04. The second-order valence-corrected chi connectivity index (χ2v) is 5.01. The summed E-state index contributed by atoms with van der Waals surface area (Å²) in [6, 6.07) is 19.6. The Labute approximate surface area is 137 Å². The van der Waals surface area contributed by atoms with Crippen molar-refractivity contribution < 1.29 is 0 Å². The fraction of sp³-hybridized carbons (Fsp3) is 0. The SMILES string of the molecule is C(=N\c1nnc2n(/N=C/c3ccccc3)cnn12)/c1ccccc1. The molecule has 7 nitrogen and oxygen atoms in total. The molecule has 0 aliphatic rings. The van der Waals surface area contributed by atoms with Gasteiger partial charge in [-0.2, -0.15) is 14.3 Å². The molecule has 0 radical (unpaired) electrons. The van der Waals surface area contributed by atoms with Crippen LogP contribution in [-0.2, 0) is 0 Å². The molecule has 116 valence electrons. The Hall–Kier alpha value is -3.61. The third-order valence-corrected chi connectivity index (χ3v) is 3.35. The van der Waals surface area contributed by atoms with Gasteiger partial charge in [-0.15, -0.1) is 15.3 Å². The molecular weight excluding hydrogens is 302 g/mol. The first-order valence-electron chi connectivity index (χ1n) is 7.37. The summed E-state index contributed by atoms with van der Waals surface area (Å²) < 4.78 is 3.10. The van der Waals surface area contributed by atoms with Crippen LogP contribution in [0.2, 0.25) is 0 Å². The third-order valence-electron chi connectivity index (χ3n) is 3.35. The average molecular weight is 315 g/mol. The molecule has 0 unspecified atom stereocenters. The van der Waals surface area contributed by atoms with Crippen molar-refractivity contribution in [2.24, 2.45) is 10.1 Å². The van der Waals surface area contributed by atoms with E-state index in [0.717, 1.165) is 11.1 Å². The molecule has 0 bridgehead atoms. The molecule has 2 aromatic heterocycles. The van der Waals surface area contributed by atoms with Gasteiger partial charge in [0.05, 0.1) is 6.21 Å². The van der Waals surface area contributed by atoms with Crippen LogP contribution in [-0.4, -0.2) is 36.9 Å². The molecule has 0 aliphatic carbocycles. The van der Waals surface area contributed by atoms with Crippen molar-refractivity contribution >= 4 is 24.2 Å². The second-order valence-electron chi connectivity index (χ2n) is 5.01. The molecule has 7 heteroatoms. The Kier molecular flexibility index (Phi) is 3.65. The summed E-state index contributed by atoms with van der Waals surface area (Å²) in [6.45, 7) is 0. The molecule has 4 aromatic rings. The molecule has 0 N–H and O–H groups in total. The number of aliphatic imine (C=N–C) groups is 1. The summed E-state index contributed by atoms with van der Waals surface area (Å²) in [5.74, 6) is 0.907. The van der Waals surface area contributed by atoms with Crippen LogP contribution in [0.3, 0.4) is 0 Å². The molecule has 24 heavy (non-hydrogen) atoms. The zero-order valence-electron chi connectivity index (χ0n) is 12.6. The van der Waals surface area contributed by atoms with Gasteiger partial charge in [0.1, 0.15) is 6.33 Å². The molecule has 0 saturated carbocycles. The fourth-order valence-corrected chi connectivity index (χ4v) is 2.16. The minimum absolute atomic E-state index is 0.405. The Morgan fingerprint density at radius 2 is 1.46 bits per heavy atom. The van der Waals surface area contributed by atoms with Crippen LogP contribution in [0.25, 0.3) is 5.78 Å². The summed E-state index contributed by atoms with van der Waals surface area (Å²) >= 11 is 0. The maximum atomic E-state index is 4.35. The van der Waals surface area contributed by atoms with Crippen LogP contribution >= 0.6 is 0 Å². The molecular formula is C17H13N7. The maximum absolute atomic E-state index is 4.35. The normalized spacial score (nSPS) is 11.8. The Balaban J connectivity index is 1.61. The van der Waals surface area contributed by atoms with Gasteiger partial charge in [0.25, 0.3) is 11.7 Å². The Morgan fingerprint density at radius 1 is 0.792 bits per heavy atom. The Morgan fingerprint density at radius 3 is 2.17 bits per heavy atom. The van der Waals surface area contributed by atoms with Gasteiger partial charge in [-0.1, -0.05) is 60.7 Å². The number of hydrogen-bond acceptors (Lipinski definition) is 5. The van der Waals surface area contributed by atoms with Crippen molar-refractivity contribution in [3.63, 3.8) is 0 Å². The highest BCUT2D eigenvalue weighted by atomic mass is 15.5. The summed E-state index contributed by atoms with van der Waals surface area (Å²) in [5.41, 5.74) is 1.97. The van der Waals surface area contributed by atoms with E-state index in [4.69, 9.17) is 0 Å². The van der Waals surface area contributed by atoms with Gasteiger partial charge in [0, 0.05) is 6.21 Å². The molecule has 0 amide bonds. The molecule has 4 rings (SSSR count). The van der Waals surface area contributed by atoms with Crippen molar-refractivity contribution in [3.05, 3.63) is 78.1 Å². The van der Waals surface area contributed by atoms with E-state index in [1.54, 1.807) is 27.9 Å². The van der Waals surface area contributed by atoms with Crippen molar-refractivity contribution in [1.82, 2.24) is 24.5 Å². The zero-order chi connectivity index (χ0) is 16.2. The smallest absolute Gasteiger partial charge is 0.218 e. The topological polar surface area (TPSA) is 72.7 Å². The van der Waals surface area contributed by atoms with E-state index in [2.05, 4.69) is 25.4 Å². The number of fused-ring (bicyclic) bond motifs is 1. The van der Waals surface area contributed by atoms with Crippen molar-refractivity contribution in [1.29, 1.82) is 0 Å². The van der Waals surface area contributed by atoms with Gasteiger partial charge in [0.15, 0.2) is 0 Å². The highest BCUT2D eigenvalue weighted by Crippen LogP contribution is 2.10. The summed E-state index contributed by atoms with van der Waals surface area (Å²) in [7, 11) is 0. The number of rotatable bonds is 4. The van der Waals surface area contributed by atoms with E-state index in [1.807, 2.05) is 60.7 Å². The van der Waals surface area contributed by atoms with Gasteiger partial charge >= 0.3 is 0 Å². The third kappa shape index (κ3) is 2.82. The van der Waals surface area contributed by atoms with Crippen LogP contribution in [0, 0.1) is 0 Å². The maximum Gasteiger partial charge on any atom is 0.276 e. The lowest BCUT2D eigenvalue weighted by molar-refractivity contribution is 0.882. The quantitative estimate of drug-likeness (QED) is 0.543. The highest BCUT2D eigenvalue weighted by Gasteiger charge is 2.09. The number of aromatic nitrogens is 5. The van der Waals surface area contributed by atoms with E-state index in [9.17, 15) is 0 Å². The minimum Gasteiger partial charge on any atom is -0.218 e.